The molecule has 0 aromatic heterocycles. The van der Waals surface area contributed by atoms with Crippen LogP contribution in [0.5, 0.6) is 0 Å². The van der Waals surface area contributed by atoms with Crippen LogP contribution >= 0.6 is 11.8 Å². The lowest BCUT2D eigenvalue weighted by molar-refractivity contribution is -0.135. The maximum absolute atomic E-state index is 12.0. The number of nitrogens with zero attached hydrogens (tertiary/aromatic N) is 1. The molecule has 0 saturated carbocycles. The highest BCUT2D eigenvalue weighted by molar-refractivity contribution is 7.99. The van der Waals surface area contributed by atoms with E-state index in [2.05, 4.69) is 10.6 Å². The summed E-state index contributed by atoms with van der Waals surface area (Å²) in [5.41, 5.74) is -0.261. The Labute approximate surface area is 119 Å². The van der Waals surface area contributed by atoms with E-state index in [0.29, 0.717) is 6.42 Å². The van der Waals surface area contributed by atoms with Crippen molar-refractivity contribution in [2.24, 2.45) is 0 Å². The van der Waals surface area contributed by atoms with Gasteiger partial charge in [-0.05, 0) is 20.8 Å². The molecule has 5 nitrogen and oxygen atoms in total. The lowest BCUT2D eigenvalue weighted by Gasteiger charge is -2.26. The van der Waals surface area contributed by atoms with E-state index in [9.17, 15) is 9.59 Å². The molecule has 0 spiro atoms. The fourth-order valence-corrected chi connectivity index (χ4v) is 2.83. The van der Waals surface area contributed by atoms with Crippen LogP contribution in [0.1, 0.15) is 27.2 Å². The summed E-state index contributed by atoms with van der Waals surface area (Å²) < 4.78 is 0. The van der Waals surface area contributed by atoms with Crippen molar-refractivity contribution in [3.05, 3.63) is 0 Å². The molecular formula is C13H25N3O2S. The van der Waals surface area contributed by atoms with Crippen molar-refractivity contribution in [1.82, 2.24) is 15.5 Å². The average molecular weight is 287 g/mol. The third kappa shape index (κ3) is 6.82. The normalized spacial score (nSPS) is 19.9. The SMILES string of the molecule is CN(CC(=O)NC(C)(C)C)C(=O)CC1CSCCN1. The van der Waals surface area contributed by atoms with Crippen LogP contribution in [0.2, 0.25) is 0 Å². The molecule has 2 N–H and O–H groups in total. The first kappa shape index (κ1) is 16.3. The topological polar surface area (TPSA) is 61.4 Å². The monoisotopic (exact) mass is 287 g/mol. The molecule has 0 aromatic carbocycles. The first-order chi connectivity index (χ1) is 8.78. The Kier molecular flexibility index (Phi) is 6.13. The van der Waals surface area contributed by atoms with E-state index in [1.165, 1.54) is 4.90 Å². The standard InChI is InChI=1S/C13H25N3O2S/c1-13(2,3)15-11(17)8-16(4)12(18)7-10-9-19-6-5-14-10/h10,14H,5-9H2,1-4H3,(H,15,17). The Balaban J connectivity index is 2.33. The number of amides is 2. The molecule has 1 atom stereocenters. The van der Waals surface area contributed by atoms with Gasteiger partial charge in [-0.3, -0.25) is 9.59 Å². The van der Waals surface area contributed by atoms with Crippen LogP contribution in [0.3, 0.4) is 0 Å². The summed E-state index contributed by atoms with van der Waals surface area (Å²) in [7, 11) is 1.68. The van der Waals surface area contributed by atoms with Gasteiger partial charge in [0.2, 0.25) is 11.8 Å². The predicted molar refractivity (Wildman–Crippen MR) is 79.3 cm³/mol. The zero-order chi connectivity index (χ0) is 14.5. The summed E-state index contributed by atoms with van der Waals surface area (Å²) in [6, 6.07) is 0.236. The van der Waals surface area contributed by atoms with E-state index in [1.54, 1.807) is 7.05 Å². The van der Waals surface area contributed by atoms with Crippen molar-refractivity contribution in [3.8, 4) is 0 Å². The minimum absolute atomic E-state index is 0.0176. The fraction of sp³-hybridized carbons (Fsp3) is 0.846. The Hall–Kier alpha value is -0.750. The quantitative estimate of drug-likeness (QED) is 0.788. The second-order valence-corrected chi connectivity index (χ2v) is 7.13. The molecule has 0 bridgehead atoms. The molecule has 1 rings (SSSR count). The zero-order valence-electron chi connectivity index (χ0n) is 12.3. The van der Waals surface area contributed by atoms with Crippen LogP contribution in [0.4, 0.5) is 0 Å². The number of nitrogens with one attached hydrogen (secondary N) is 2. The summed E-state index contributed by atoms with van der Waals surface area (Å²) in [5, 5.41) is 6.18. The van der Waals surface area contributed by atoms with Crippen LogP contribution in [-0.2, 0) is 9.59 Å². The van der Waals surface area contributed by atoms with Crippen LogP contribution in [-0.4, -0.2) is 59.9 Å². The number of hydrogen-bond donors (Lipinski definition) is 2. The van der Waals surface area contributed by atoms with E-state index < -0.39 is 0 Å². The highest BCUT2D eigenvalue weighted by Gasteiger charge is 2.21. The van der Waals surface area contributed by atoms with Gasteiger partial charge in [0.15, 0.2) is 0 Å². The molecule has 19 heavy (non-hydrogen) atoms. The van der Waals surface area contributed by atoms with Gasteiger partial charge >= 0.3 is 0 Å². The predicted octanol–water partition coefficient (Wildman–Crippen LogP) is 0.455. The van der Waals surface area contributed by atoms with Crippen LogP contribution < -0.4 is 10.6 Å². The van der Waals surface area contributed by atoms with Crippen molar-refractivity contribution in [1.29, 1.82) is 0 Å². The summed E-state index contributed by atoms with van der Waals surface area (Å²) >= 11 is 1.87. The van der Waals surface area contributed by atoms with Crippen LogP contribution in [0, 0.1) is 0 Å². The molecular weight excluding hydrogens is 262 g/mol. The Morgan fingerprint density at radius 3 is 2.63 bits per heavy atom. The first-order valence-corrected chi connectivity index (χ1v) is 7.79. The molecule has 0 radical (unpaired) electrons. The highest BCUT2D eigenvalue weighted by atomic mass is 32.2. The lowest BCUT2D eigenvalue weighted by Crippen LogP contribution is -2.47. The number of thioether (sulfide) groups is 1. The molecule has 0 aliphatic carbocycles. The molecule has 1 fully saturated rings. The summed E-state index contributed by atoms with van der Waals surface area (Å²) in [6.45, 7) is 6.86. The van der Waals surface area contributed by atoms with Crippen molar-refractivity contribution in [3.63, 3.8) is 0 Å². The minimum Gasteiger partial charge on any atom is -0.350 e. The summed E-state index contributed by atoms with van der Waals surface area (Å²) in [4.78, 5) is 25.3. The second kappa shape index (κ2) is 7.14. The average Bonchev–Trinajstić information content (AvgIpc) is 2.27. The number of hydrogen-bond acceptors (Lipinski definition) is 4. The van der Waals surface area contributed by atoms with Crippen molar-refractivity contribution in [2.75, 3.05) is 31.6 Å². The van der Waals surface area contributed by atoms with Gasteiger partial charge in [0.05, 0.1) is 6.54 Å². The molecule has 1 saturated heterocycles. The van der Waals surface area contributed by atoms with Gasteiger partial charge in [-0.15, -0.1) is 0 Å². The van der Waals surface area contributed by atoms with Crippen molar-refractivity contribution < 1.29 is 9.59 Å². The smallest absolute Gasteiger partial charge is 0.240 e. The van der Waals surface area contributed by atoms with Gasteiger partial charge in [-0.1, -0.05) is 0 Å². The molecule has 2 amide bonds. The van der Waals surface area contributed by atoms with Gasteiger partial charge in [0.1, 0.15) is 0 Å². The van der Waals surface area contributed by atoms with E-state index >= 15 is 0 Å². The van der Waals surface area contributed by atoms with E-state index in [0.717, 1.165) is 18.1 Å². The maximum Gasteiger partial charge on any atom is 0.240 e. The van der Waals surface area contributed by atoms with Crippen molar-refractivity contribution >= 4 is 23.6 Å². The Morgan fingerprint density at radius 1 is 1.42 bits per heavy atom. The number of carbonyl (C=O) groups excluding carboxylic acids is 2. The third-order valence-corrected chi connectivity index (χ3v) is 3.87. The Morgan fingerprint density at radius 2 is 2.11 bits per heavy atom. The van der Waals surface area contributed by atoms with Crippen molar-refractivity contribution in [2.45, 2.75) is 38.8 Å². The van der Waals surface area contributed by atoms with E-state index in [-0.39, 0.29) is 29.9 Å². The molecule has 1 heterocycles. The van der Waals surface area contributed by atoms with Crippen LogP contribution in [0.25, 0.3) is 0 Å². The summed E-state index contributed by atoms with van der Waals surface area (Å²) in [5.74, 6) is 1.97. The fourth-order valence-electron chi connectivity index (χ4n) is 1.88. The first-order valence-electron chi connectivity index (χ1n) is 6.64. The van der Waals surface area contributed by atoms with Crippen LogP contribution in [0.15, 0.2) is 0 Å². The lowest BCUT2D eigenvalue weighted by atomic mass is 10.1. The van der Waals surface area contributed by atoms with Gasteiger partial charge in [0.25, 0.3) is 0 Å². The summed E-state index contributed by atoms with van der Waals surface area (Å²) in [6.07, 6.45) is 0.465. The molecule has 0 aromatic rings. The minimum atomic E-state index is -0.261. The molecule has 1 aliphatic rings. The second-order valence-electron chi connectivity index (χ2n) is 5.98. The molecule has 110 valence electrons. The number of carbonyl (C=O) groups is 2. The molecule has 1 unspecified atom stereocenters. The highest BCUT2D eigenvalue weighted by Crippen LogP contribution is 2.11. The Bertz CT molecular complexity index is 322. The number of rotatable bonds is 4. The van der Waals surface area contributed by atoms with E-state index in [4.69, 9.17) is 0 Å². The van der Waals surface area contributed by atoms with E-state index in [1.807, 2.05) is 32.5 Å². The van der Waals surface area contributed by atoms with Gasteiger partial charge < -0.3 is 15.5 Å². The number of likely N-dealkylation sites (N-methyl/N-ethyl adjacent to an activating group) is 1. The third-order valence-electron chi connectivity index (χ3n) is 2.74. The van der Waals surface area contributed by atoms with Gasteiger partial charge in [-0.25, -0.2) is 0 Å². The molecule has 6 heteroatoms. The molecule has 1 aliphatic heterocycles. The largest absolute Gasteiger partial charge is 0.350 e. The van der Waals surface area contributed by atoms with Gasteiger partial charge in [0, 0.05) is 43.1 Å². The maximum atomic E-state index is 12.0. The zero-order valence-corrected chi connectivity index (χ0v) is 13.1. The van der Waals surface area contributed by atoms with Gasteiger partial charge in [-0.2, -0.15) is 11.8 Å².